The number of nitriles is 1. The zero-order chi connectivity index (χ0) is 20.8. The molecule has 2 aromatic carbocycles. The van der Waals surface area contributed by atoms with E-state index in [1.54, 1.807) is 10.8 Å². The minimum atomic E-state index is -0.485. The molecule has 29 heavy (non-hydrogen) atoms. The van der Waals surface area contributed by atoms with Crippen LogP contribution in [-0.2, 0) is 27.3 Å². The fourth-order valence-corrected chi connectivity index (χ4v) is 3.05. The molecule has 6 nitrogen and oxygen atoms in total. The number of carbonyl (C=O) groups excluding carboxylic acids is 2. The van der Waals surface area contributed by atoms with Gasteiger partial charge in [0.2, 0.25) is 0 Å². The van der Waals surface area contributed by atoms with Crippen LogP contribution in [0.15, 0.2) is 60.3 Å². The second-order valence-corrected chi connectivity index (χ2v) is 6.48. The van der Waals surface area contributed by atoms with Crippen LogP contribution in [0.5, 0.6) is 0 Å². The van der Waals surface area contributed by atoms with Crippen molar-refractivity contribution in [1.29, 1.82) is 5.26 Å². The van der Waals surface area contributed by atoms with Crippen molar-refractivity contribution < 1.29 is 14.3 Å². The molecule has 6 heteroatoms. The molecule has 146 valence electrons. The first-order chi connectivity index (χ1) is 14.0. The van der Waals surface area contributed by atoms with E-state index in [0.717, 1.165) is 22.9 Å². The smallest absolute Gasteiger partial charge is 0.325 e. The maximum Gasteiger partial charge on any atom is 0.325 e. The number of esters is 1. The molecule has 3 aromatic rings. The molecule has 0 spiro atoms. The molecule has 0 saturated carbocycles. The fourth-order valence-electron chi connectivity index (χ4n) is 3.05. The molecule has 1 heterocycles. The molecule has 1 aromatic heterocycles. The number of para-hydroxylation sites is 1. The highest BCUT2D eigenvalue weighted by Gasteiger charge is 2.14. The number of methoxy groups -OCH3 is 1. The van der Waals surface area contributed by atoms with Crippen molar-refractivity contribution in [2.75, 3.05) is 12.4 Å². The molecule has 0 fully saturated rings. The Hall–Kier alpha value is -3.85. The largest absolute Gasteiger partial charge is 0.468 e. The molecule has 0 saturated heterocycles. The van der Waals surface area contributed by atoms with Crippen LogP contribution in [0.25, 0.3) is 17.0 Å². The van der Waals surface area contributed by atoms with Gasteiger partial charge in [0.15, 0.2) is 0 Å². The first kappa shape index (κ1) is 19.9. The number of nitrogens with one attached hydrogen (secondary N) is 1. The molecule has 0 atom stereocenters. The van der Waals surface area contributed by atoms with E-state index in [1.807, 2.05) is 54.6 Å². The molecular weight excluding hydrogens is 366 g/mol. The van der Waals surface area contributed by atoms with Crippen LogP contribution >= 0.6 is 0 Å². The van der Waals surface area contributed by atoms with Gasteiger partial charge in [-0.05, 0) is 36.3 Å². The first-order valence-corrected chi connectivity index (χ1v) is 9.22. The van der Waals surface area contributed by atoms with Gasteiger partial charge in [-0.15, -0.1) is 0 Å². The Kier molecular flexibility index (Phi) is 6.10. The van der Waals surface area contributed by atoms with Gasteiger partial charge in [-0.25, -0.2) is 0 Å². The number of carbonyl (C=O) groups is 2. The van der Waals surface area contributed by atoms with Crippen molar-refractivity contribution in [3.05, 3.63) is 71.4 Å². The highest BCUT2D eigenvalue weighted by molar-refractivity contribution is 6.10. The highest BCUT2D eigenvalue weighted by Crippen LogP contribution is 2.24. The lowest BCUT2D eigenvalue weighted by molar-refractivity contribution is -0.141. The molecule has 3 rings (SSSR count). The molecule has 0 unspecified atom stereocenters. The van der Waals surface area contributed by atoms with Crippen LogP contribution in [0.1, 0.15) is 18.1 Å². The van der Waals surface area contributed by atoms with E-state index in [9.17, 15) is 14.9 Å². The average molecular weight is 387 g/mol. The third-order valence-electron chi connectivity index (χ3n) is 4.63. The zero-order valence-corrected chi connectivity index (χ0v) is 16.3. The van der Waals surface area contributed by atoms with Gasteiger partial charge in [-0.3, -0.25) is 9.59 Å². The normalized spacial score (nSPS) is 11.1. The third kappa shape index (κ3) is 4.53. The average Bonchev–Trinajstić information content (AvgIpc) is 3.09. The molecule has 1 N–H and O–H groups in total. The summed E-state index contributed by atoms with van der Waals surface area (Å²) in [6, 6.07) is 16.9. The number of ether oxygens (including phenoxy) is 1. The van der Waals surface area contributed by atoms with E-state index in [1.165, 1.54) is 13.2 Å². The van der Waals surface area contributed by atoms with Crippen molar-refractivity contribution in [2.45, 2.75) is 19.9 Å². The lowest BCUT2D eigenvalue weighted by Crippen LogP contribution is -2.13. The Labute approximate surface area is 169 Å². The van der Waals surface area contributed by atoms with Gasteiger partial charge in [-0.2, -0.15) is 5.26 Å². The number of nitrogens with zero attached hydrogens (tertiary/aromatic N) is 2. The number of aromatic nitrogens is 1. The third-order valence-corrected chi connectivity index (χ3v) is 4.63. The van der Waals surface area contributed by atoms with E-state index in [0.29, 0.717) is 11.3 Å². The topological polar surface area (TPSA) is 84.1 Å². The van der Waals surface area contributed by atoms with Crippen LogP contribution in [0, 0.1) is 11.3 Å². The minimum Gasteiger partial charge on any atom is -0.468 e. The molecule has 0 aliphatic carbocycles. The second-order valence-electron chi connectivity index (χ2n) is 6.48. The van der Waals surface area contributed by atoms with Gasteiger partial charge in [0.1, 0.15) is 18.2 Å². The van der Waals surface area contributed by atoms with Gasteiger partial charge in [0.05, 0.1) is 7.11 Å². The number of amides is 1. The Morgan fingerprint density at radius 1 is 1.17 bits per heavy atom. The summed E-state index contributed by atoms with van der Waals surface area (Å²) < 4.78 is 6.48. The van der Waals surface area contributed by atoms with Crippen LogP contribution in [-0.4, -0.2) is 23.6 Å². The summed E-state index contributed by atoms with van der Waals surface area (Å²) in [5.74, 6) is -0.864. The van der Waals surface area contributed by atoms with Gasteiger partial charge in [0.25, 0.3) is 5.91 Å². The standard InChI is InChI=1S/C23H21N3O3/c1-3-16-8-10-19(11-9-16)25-23(28)17(13-24)12-18-14-26(15-22(27)29-2)21-7-5-4-6-20(18)21/h4-12,14H,3,15H2,1-2H3,(H,25,28)/b17-12-. The number of rotatable bonds is 6. The lowest BCUT2D eigenvalue weighted by Gasteiger charge is -2.05. The number of fused-ring (bicyclic) bond motifs is 1. The second kappa shape index (κ2) is 8.89. The van der Waals surface area contributed by atoms with Crippen LogP contribution in [0.3, 0.4) is 0 Å². The van der Waals surface area contributed by atoms with Crippen molar-refractivity contribution in [2.24, 2.45) is 0 Å². The Balaban J connectivity index is 1.91. The van der Waals surface area contributed by atoms with E-state index >= 15 is 0 Å². The van der Waals surface area contributed by atoms with E-state index in [2.05, 4.69) is 12.2 Å². The van der Waals surface area contributed by atoms with Crippen molar-refractivity contribution in [3.8, 4) is 6.07 Å². The molecular formula is C23H21N3O3. The molecule has 0 radical (unpaired) electrons. The van der Waals surface area contributed by atoms with E-state index in [-0.39, 0.29) is 18.1 Å². The van der Waals surface area contributed by atoms with Crippen LogP contribution in [0.2, 0.25) is 0 Å². The number of benzene rings is 2. The Morgan fingerprint density at radius 2 is 1.90 bits per heavy atom. The number of anilines is 1. The maximum atomic E-state index is 12.6. The Morgan fingerprint density at radius 3 is 2.55 bits per heavy atom. The summed E-state index contributed by atoms with van der Waals surface area (Å²) in [4.78, 5) is 24.3. The zero-order valence-electron chi connectivity index (χ0n) is 16.3. The Bertz CT molecular complexity index is 1120. The minimum absolute atomic E-state index is 0.0226. The maximum absolute atomic E-state index is 12.6. The predicted octanol–water partition coefficient (Wildman–Crippen LogP) is 3.92. The van der Waals surface area contributed by atoms with Gasteiger partial charge in [0, 0.05) is 28.4 Å². The van der Waals surface area contributed by atoms with Crippen LogP contribution in [0.4, 0.5) is 5.69 Å². The van der Waals surface area contributed by atoms with Gasteiger partial charge < -0.3 is 14.6 Å². The van der Waals surface area contributed by atoms with Gasteiger partial charge >= 0.3 is 5.97 Å². The summed E-state index contributed by atoms with van der Waals surface area (Å²) in [6.07, 6.45) is 4.18. The number of aryl methyl sites for hydroxylation is 1. The summed E-state index contributed by atoms with van der Waals surface area (Å²) in [5.41, 5.74) is 3.26. The summed E-state index contributed by atoms with van der Waals surface area (Å²) >= 11 is 0. The van der Waals surface area contributed by atoms with Crippen molar-refractivity contribution in [1.82, 2.24) is 4.57 Å². The first-order valence-electron chi connectivity index (χ1n) is 9.22. The molecule has 0 bridgehead atoms. The fraction of sp³-hybridized carbons (Fsp3) is 0.174. The monoisotopic (exact) mass is 387 g/mol. The molecule has 1 amide bonds. The summed E-state index contributed by atoms with van der Waals surface area (Å²) in [7, 11) is 1.33. The summed E-state index contributed by atoms with van der Waals surface area (Å²) in [6.45, 7) is 2.10. The van der Waals surface area contributed by atoms with E-state index < -0.39 is 5.91 Å². The van der Waals surface area contributed by atoms with E-state index in [4.69, 9.17) is 4.74 Å². The molecule has 0 aliphatic rings. The lowest BCUT2D eigenvalue weighted by atomic mass is 10.1. The summed E-state index contributed by atoms with van der Waals surface area (Å²) in [5, 5.41) is 13.1. The van der Waals surface area contributed by atoms with Gasteiger partial charge in [-0.1, -0.05) is 37.3 Å². The van der Waals surface area contributed by atoms with Crippen LogP contribution < -0.4 is 5.32 Å². The molecule has 0 aliphatic heterocycles. The highest BCUT2D eigenvalue weighted by atomic mass is 16.5. The number of hydrogen-bond donors (Lipinski definition) is 1. The quantitative estimate of drug-likeness (QED) is 0.395. The number of hydrogen-bond acceptors (Lipinski definition) is 4. The predicted molar refractivity (Wildman–Crippen MR) is 112 cm³/mol. The van der Waals surface area contributed by atoms with Crippen molar-refractivity contribution >= 4 is 34.5 Å². The van der Waals surface area contributed by atoms with Crippen molar-refractivity contribution in [3.63, 3.8) is 0 Å². The SMILES string of the molecule is CCc1ccc(NC(=O)/C(C#N)=C\c2cn(CC(=O)OC)c3ccccc23)cc1.